The van der Waals surface area contributed by atoms with E-state index < -0.39 is 46.3 Å². The number of carbonyl (C=O) groups excluding carboxylic acids is 4. The molecule has 0 spiro atoms. The molecule has 1 fully saturated rings. The summed E-state index contributed by atoms with van der Waals surface area (Å²) in [5.74, 6) is -4.26. The van der Waals surface area contributed by atoms with Crippen molar-refractivity contribution in [2.24, 2.45) is 5.92 Å². The van der Waals surface area contributed by atoms with Crippen molar-refractivity contribution in [2.45, 2.75) is 65.2 Å². The number of amides is 1. The van der Waals surface area contributed by atoms with Crippen molar-refractivity contribution >= 4 is 23.6 Å². The van der Waals surface area contributed by atoms with E-state index in [1.54, 1.807) is 53.7 Å². The molecule has 1 aliphatic carbocycles. The second-order valence-electron chi connectivity index (χ2n) is 9.66. The van der Waals surface area contributed by atoms with Crippen molar-refractivity contribution in [3.63, 3.8) is 0 Å². The van der Waals surface area contributed by atoms with E-state index in [1.165, 1.54) is 26.2 Å². The molecular formula is C26H33NO8. The first-order chi connectivity index (χ1) is 16.1. The molecular weight excluding hydrogens is 454 g/mol. The van der Waals surface area contributed by atoms with Gasteiger partial charge in [-0.3, -0.25) is 9.59 Å². The molecule has 190 valence electrons. The highest BCUT2D eigenvalue weighted by Gasteiger charge is 2.67. The van der Waals surface area contributed by atoms with Crippen molar-refractivity contribution in [3.05, 3.63) is 59.1 Å². The maximum atomic E-state index is 13.2. The summed E-state index contributed by atoms with van der Waals surface area (Å²) in [6.07, 6.45) is 7.99. The fraction of sp³-hybridized carbons (Fsp3) is 0.462. The lowest BCUT2D eigenvalue weighted by atomic mass is 9.66. The number of hydrogen-bond acceptors (Lipinski definition) is 8. The molecule has 1 heterocycles. The average molecular weight is 488 g/mol. The number of methoxy groups -OCH3 is 1. The fourth-order valence-corrected chi connectivity index (χ4v) is 4.45. The van der Waals surface area contributed by atoms with Gasteiger partial charge in [0.1, 0.15) is 22.7 Å². The lowest BCUT2D eigenvalue weighted by Gasteiger charge is -2.40. The monoisotopic (exact) mass is 487 g/mol. The second kappa shape index (κ2) is 9.93. The first kappa shape index (κ1) is 27.6. The Balaban J connectivity index is 2.54. The Morgan fingerprint density at radius 1 is 1.11 bits per heavy atom. The third-order valence-corrected chi connectivity index (χ3v) is 5.73. The van der Waals surface area contributed by atoms with Crippen LogP contribution in [0.2, 0.25) is 0 Å². The number of aliphatic hydroxyl groups is 1. The van der Waals surface area contributed by atoms with Crippen LogP contribution in [0.3, 0.4) is 0 Å². The van der Waals surface area contributed by atoms with Gasteiger partial charge < -0.3 is 24.6 Å². The predicted molar refractivity (Wildman–Crippen MR) is 128 cm³/mol. The van der Waals surface area contributed by atoms with Crippen LogP contribution < -0.4 is 5.32 Å². The number of carbonyl (C=O) groups is 4. The Morgan fingerprint density at radius 3 is 2.29 bits per heavy atom. The maximum Gasteiger partial charge on any atom is 0.333 e. The molecule has 0 radical (unpaired) electrons. The van der Waals surface area contributed by atoms with Gasteiger partial charge in [0.15, 0.2) is 11.4 Å². The quantitative estimate of drug-likeness (QED) is 0.318. The van der Waals surface area contributed by atoms with Gasteiger partial charge in [0.05, 0.1) is 18.6 Å². The van der Waals surface area contributed by atoms with Gasteiger partial charge in [-0.25, -0.2) is 9.59 Å². The van der Waals surface area contributed by atoms with Crippen LogP contribution in [0.4, 0.5) is 0 Å². The van der Waals surface area contributed by atoms with Crippen LogP contribution in [-0.2, 0) is 33.4 Å². The van der Waals surface area contributed by atoms with Gasteiger partial charge >= 0.3 is 11.9 Å². The van der Waals surface area contributed by atoms with Crippen LogP contribution in [0.1, 0.15) is 48.5 Å². The van der Waals surface area contributed by atoms with E-state index in [1.807, 2.05) is 0 Å². The lowest BCUT2D eigenvalue weighted by Crippen LogP contribution is -2.58. The summed E-state index contributed by atoms with van der Waals surface area (Å²) in [7, 11) is 1.36. The zero-order chi connectivity index (χ0) is 26.8. The molecule has 0 saturated carbocycles. The molecule has 9 nitrogen and oxygen atoms in total. The van der Waals surface area contributed by atoms with Crippen molar-refractivity contribution in [1.29, 1.82) is 0 Å². The third-order valence-electron chi connectivity index (χ3n) is 5.73. The van der Waals surface area contributed by atoms with E-state index in [2.05, 4.69) is 5.32 Å². The Hall–Kier alpha value is -3.62. The minimum Gasteiger partial charge on any atom is -0.507 e. The van der Waals surface area contributed by atoms with Crippen LogP contribution in [0.25, 0.3) is 0 Å². The number of esters is 2. The van der Waals surface area contributed by atoms with Crippen LogP contribution in [0.15, 0.2) is 59.1 Å². The molecule has 0 aromatic rings. The topological polar surface area (TPSA) is 128 Å². The molecule has 9 heteroatoms. The standard InChI is InChI=1S/C26H33NO8/c1-9-10-11-12-16(28)19-20(31)15(2)22(33-8)26(7)21(19)25(6,23(32)35-26)27-17(29)13-14-18(30)34-24(3,4)5/h9-14,21,31H,1-8H3,(H,27,29)/b10-9+,12-11+,14-13+/t21-,25+,26+/m1/s1. The molecule has 1 saturated heterocycles. The lowest BCUT2D eigenvalue weighted by molar-refractivity contribution is -0.151. The second-order valence-corrected chi connectivity index (χ2v) is 9.66. The largest absolute Gasteiger partial charge is 0.507 e. The highest BCUT2D eigenvalue weighted by molar-refractivity contribution is 6.08. The number of fused-ring (bicyclic) bond motifs is 1. The number of rotatable bonds is 7. The van der Waals surface area contributed by atoms with Crippen LogP contribution >= 0.6 is 0 Å². The Morgan fingerprint density at radius 2 is 1.74 bits per heavy atom. The molecule has 0 bridgehead atoms. The number of ether oxygens (including phenoxy) is 3. The van der Waals surface area contributed by atoms with Gasteiger partial charge in [-0.05, 0) is 54.5 Å². The number of allylic oxidation sites excluding steroid dienone is 5. The van der Waals surface area contributed by atoms with Crippen LogP contribution in [0, 0.1) is 5.92 Å². The molecule has 1 aliphatic heterocycles. The van der Waals surface area contributed by atoms with Gasteiger partial charge in [0, 0.05) is 17.7 Å². The van der Waals surface area contributed by atoms with E-state index in [-0.39, 0.29) is 22.7 Å². The number of aliphatic hydroxyl groups excluding tert-OH is 1. The minimum atomic E-state index is -1.78. The molecule has 1 amide bonds. The summed E-state index contributed by atoms with van der Waals surface area (Å²) in [4.78, 5) is 51.0. The van der Waals surface area contributed by atoms with E-state index in [4.69, 9.17) is 14.2 Å². The summed E-state index contributed by atoms with van der Waals surface area (Å²) in [6, 6.07) is 0. The Kier molecular flexibility index (Phi) is 7.84. The summed E-state index contributed by atoms with van der Waals surface area (Å²) in [5.41, 5.74) is -3.87. The van der Waals surface area contributed by atoms with Crippen molar-refractivity contribution in [3.8, 4) is 0 Å². The van der Waals surface area contributed by atoms with E-state index in [0.29, 0.717) is 0 Å². The van der Waals surface area contributed by atoms with Gasteiger partial charge in [0.25, 0.3) is 0 Å². The maximum absolute atomic E-state index is 13.2. The van der Waals surface area contributed by atoms with Gasteiger partial charge in [-0.15, -0.1) is 0 Å². The summed E-state index contributed by atoms with van der Waals surface area (Å²) >= 11 is 0. The van der Waals surface area contributed by atoms with E-state index >= 15 is 0 Å². The number of nitrogens with one attached hydrogen (secondary N) is 1. The normalized spacial score (nSPS) is 27.0. The van der Waals surface area contributed by atoms with Gasteiger partial charge in [-0.2, -0.15) is 0 Å². The molecule has 2 rings (SSSR count). The highest BCUT2D eigenvalue weighted by Crippen LogP contribution is 2.53. The highest BCUT2D eigenvalue weighted by atomic mass is 16.6. The smallest absolute Gasteiger partial charge is 0.333 e. The number of hydrogen-bond donors (Lipinski definition) is 2. The first-order valence-electron chi connectivity index (χ1n) is 11.1. The molecule has 0 aromatic carbocycles. The summed E-state index contributed by atoms with van der Waals surface area (Å²) < 4.78 is 16.3. The zero-order valence-corrected chi connectivity index (χ0v) is 21.3. The molecule has 3 atom stereocenters. The minimum absolute atomic E-state index is 0.101. The van der Waals surface area contributed by atoms with Crippen LogP contribution in [-0.4, -0.2) is 52.6 Å². The van der Waals surface area contributed by atoms with Crippen molar-refractivity contribution in [1.82, 2.24) is 5.32 Å². The van der Waals surface area contributed by atoms with Gasteiger partial charge in [0.2, 0.25) is 5.91 Å². The predicted octanol–water partition coefficient (Wildman–Crippen LogP) is 3.14. The number of ketones is 1. The molecule has 2 N–H and O–H groups in total. The molecule has 0 unspecified atom stereocenters. The third kappa shape index (κ3) is 5.39. The van der Waals surface area contributed by atoms with Crippen molar-refractivity contribution in [2.75, 3.05) is 7.11 Å². The van der Waals surface area contributed by atoms with E-state index in [9.17, 15) is 24.3 Å². The molecule has 0 aromatic heterocycles. The fourth-order valence-electron chi connectivity index (χ4n) is 4.45. The molecule has 2 aliphatic rings. The first-order valence-corrected chi connectivity index (χ1v) is 11.1. The van der Waals surface area contributed by atoms with Crippen molar-refractivity contribution < 1.29 is 38.5 Å². The SMILES string of the molecule is C/C=C/C=C/C(=O)C1=C(O)C(C)=C(OC)[C@@]2(C)OC(=O)[C@@](C)(NC(=O)/C=C/C(=O)OC(C)(C)C)[C@@H]12. The average Bonchev–Trinajstić information content (AvgIpc) is 2.92. The van der Waals surface area contributed by atoms with Crippen LogP contribution in [0.5, 0.6) is 0 Å². The summed E-state index contributed by atoms with van der Waals surface area (Å²) in [6.45, 7) is 11.3. The van der Waals surface area contributed by atoms with E-state index in [0.717, 1.165) is 12.2 Å². The zero-order valence-electron chi connectivity index (χ0n) is 21.3. The Bertz CT molecular complexity index is 1090. The molecule has 35 heavy (non-hydrogen) atoms. The van der Waals surface area contributed by atoms with Gasteiger partial charge in [-0.1, -0.05) is 18.2 Å². The summed E-state index contributed by atoms with van der Waals surface area (Å²) in [5, 5.41) is 13.5. The Labute approximate surface area is 205 Å².